The number of sulfone groups is 1. The maximum atomic E-state index is 11.2. The van der Waals surface area contributed by atoms with Gasteiger partial charge in [0.1, 0.15) is 9.84 Å². The molecule has 0 spiro atoms. The molecule has 0 aromatic carbocycles. The van der Waals surface area contributed by atoms with Gasteiger partial charge in [0.05, 0.1) is 5.75 Å². The second kappa shape index (κ2) is 6.35. The summed E-state index contributed by atoms with van der Waals surface area (Å²) in [5.74, 6) is 0.939. The summed E-state index contributed by atoms with van der Waals surface area (Å²) in [6, 6.07) is 0. The molecule has 1 N–H and O–H groups in total. The average molecular weight is 276 g/mol. The molecule has 18 heavy (non-hydrogen) atoms. The molecule has 5 heteroatoms. The van der Waals surface area contributed by atoms with Gasteiger partial charge in [-0.1, -0.05) is 13.8 Å². The van der Waals surface area contributed by atoms with Crippen LogP contribution in [0, 0.1) is 11.3 Å². The minimum atomic E-state index is -2.85. The van der Waals surface area contributed by atoms with Gasteiger partial charge in [-0.25, -0.2) is 8.42 Å². The molecule has 4 nitrogen and oxygen atoms in total. The van der Waals surface area contributed by atoms with Crippen LogP contribution in [-0.4, -0.2) is 58.6 Å². The molecule has 0 aromatic heterocycles. The largest absolute Gasteiger partial charge is 0.316 e. The van der Waals surface area contributed by atoms with E-state index >= 15 is 0 Å². The monoisotopic (exact) mass is 276 g/mol. The van der Waals surface area contributed by atoms with Crippen molar-refractivity contribution in [3.63, 3.8) is 0 Å². The molecule has 1 saturated heterocycles. The molecular formula is C13H28N2O2S. The van der Waals surface area contributed by atoms with Gasteiger partial charge >= 0.3 is 0 Å². The Kier molecular flexibility index (Phi) is 5.62. The molecule has 1 atom stereocenters. The molecule has 1 fully saturated rings. The summed E-state index contributed by atoms with van der Waals surface area (Å²) in [5.41, 5.74) is 0.236. The molecule has 0 aromatic rings. The first-order valence-electron chi connectivity index (χ1n) is 6.78. The zero-order valence-electron chi connectivity index (χ0n) is 12.2. The first kappa shape index (κ1) is 15.9. The summed E-state index contributed by atoms with van der Waals surface area (Å²) in [5, 5.41) is 3.46. The van der Waals surface area contributed by atoms with Gasteiger partial charge in [0.15, 0.2) is 0 Å². The van der Waals surface area contributed by atoms with Gasteiger partial charge < -0.3 is 10.2 Å². The number of rotatable bonds is 6. The molecule has 108 valence electrons. The molecule has 1 heterocycles. The summed E-state index contributed by atoms with van der Waals surface area (Å²) in [6.45, 7) is 8.39. The number of hydrogen-bond donors (Lipinski definition) is 1. The van der Waals surface area contributed by atoms with E-state index in [-0.39, 0.29) is 11.2 Å². The van der Waals surface area contributed by atoms with E-state index in [1.807, 2.05) is 7.05 Å². The molecule has 1 unspecified atom stereocenters. The Hall–Kier alpha value is -0.130. The van der Waals surface area contributed by atoms with Crippen LogP contribution in [0.15, 0.2) is 0 Å². The van der Waals surface area contributed by atoms with Crippen LogP contribution in [0.25, 0.3) is 0 Å². The average Bonchev–Trinajstić information content (AvgIpc) is 2.26. The predicted octanol–water partition coefficient (Wildman–Crippen LogP) is 0.989. The lowest BCUT2D eigenvalue weighted by molar-refractivity contribution is 0.117. The van der Waals surface area contributed by atoms with Crippen molar-refractivity contribution in [1.82, 2.24) is 10.2 Å². The molecule has 1 rings (SSSR count). The number of piperidine rings is 1. The second-order valence-electron chi connectivity index (χ2n) is 6.40. The highest BCUT2D eigenvalue weighted by atomic mass is 32.2. The van der Waals surface area contributed by atoms with Gasteiger partial charge in [0.2, 0.25) is 0 Å². The Labute approximate surface area is 112 Å². The molecular weight excluding hydrogens is 248 g/mol. The minimum Gasteiger partial charge on any atom is -0.316 e. The van der Waals surface area contributed by atoms with E-state index in [4.69, 9.17) is 0 Å². The molecule has 0 amide bonds. The Bertz CT molecular complexity index is 346. The molecule has 0 bridgehead atoms. The van der Waals surface area contributed by atoms with E-state index in [1.54, 1.807) is 0 Å². The molecule has 1 aliphatic heterocycles. The van der Waals surface area contributed by atoms with Crippen LogP contribution in [-0.2, 0) is 9.84 Å². The standard InChI is InChI=1S/C13H28N2O2S/c1-13(2,12-6-5-7-14-10-12)11-15(3)8-9-18(4,16)17/h12,14H,5-11H2,1-4H3. The van der Waals surface area contributed by atoms with Crippen LogP contribution < -0.4 is 5.32 Å². The fraction of sp³-hybridized carbons (Fsp3) is 1.00. The van der Waals surface area contributed by atoms with Crippen LogP contribution in [0.3, 0.4) is 0 Å². The lowest BCUT2D eigenvalue weighted by Crippen LogP contribution is -2.44. The predicted molar refractivity (Wildman–Crippen MR) is 76.6 cm³/mol. The van der Waals surface area contributed by atoms with Gasteiger partial charge in [-0.15, -0.1) is 0 Å². The molecule has 1 aliphatic rings. The third-order valence-electron chi connectivity index (χ3n) is 3.92. The van der Waals surface area contributed by atoms with E-state index < -0.39 is 9.84 Å². The van der Waals surface area contributed by atoms with Crippen LogP contribution in [0.4, 0.5) is 0 Å². The van der Waals surface area contributed by atoms with Crippen LogP contribution in [0.1, 0.15) is 26.7 Å². The third-order valence-corrected chi connectivity index (χ3v) is 4.85. The highest BCUT2D eigenvalue weighted by Crippen LogP contribution is 2.32. The van der Waals surface area contributed by atoms with E-state index in [1.165, 1.54) is 19.1 Å². The van der Waals surface area contributed by atoms with Crippen LogP contribution in [0.5, 0.6) is 0 Å². The number of hydrogen-bond acceptors (Lipinski definition) is 4. The Morgan fingerprint density at radius 3 is 2.56 bits per heavy atom. The van der Waals surface area contributed by atoms with Crippen molar-refractivity contribution in [2.24, 2.45) is 11.3 Å². The minimum absolute atomic E-state index is 0.236. The first-order chi connectivity index (χ1) is 8.21. The van der Waals surface area contributed by atoms with Gasteiger partial charge in [-0.05, 0) is 44.3 Å². The van der Waals surface area contributed by atoms with Crippen LogP contribution >= 0.6 is 0 Å². The summed E-state index contributed by atoms with van der Waals surface area (Å²) < 4.78 is 22.3. The van der Waals surface area contributed by atoms with Gasteiger partial charge in [-0.2, -0.15) is 0 Å². The van der Waals surface area contributed by atoms with E-state index in [9.17, 15) is 8.42 Å². The SMILES string of the molecule is CN(CCS(C)(=O)=O)CC(C)(C)C1CCCNC1. The fourth-order valence-corrected chi connectivity index (χ4v) is 3.39. The molecule has 0 saturated carbocycles. The Morgan fingerprint density at radius 1 is 1.39 bits per heavy atom. The summed E-state index contributed by atoms with van der Waals surface area (Å²) in [4.78, 5) is 2.15. The topological polar surface area (TPSA) is 49.4 Å². The molecule has 0 aliphatic carbocycles. The second-order valence-corrected chi connectivity index (χ2v) is 8.66. The van der Waals surface area contributed by atoms with Crippen molar-refractivity contribution in [2.75, 3.05) is 45.2 Å². The van der Waals surface area contributed by atoms with Crippen molar-refractivity contribution >= 4 is 9.84 Å². The van der Waals surface area contributed by atoms with Crippen molar-refractivity contribution in [3.8, 4) is 0 Å². The summed E-state index contributed by atoms with van der Waals surface area (Å²) in [6.07, 6.45) is 3.83. The van der Waals surface area contributed by atoms with Gasteiger partial charge in [0, 0.05) is 19.3 Å². The highest BCUT2D eigenvalue weighted by Gasteiger charge is 2.31. The maximum absolute atomic E-state index is 11.2. The van der Waals surface area contributed by atoms with Crippen molar-refractivity contribution in [1.29, 1.82) is 0 Å². The van der Waals surface area contributed by atoms with E-state index in [0.717, 1.165) is 19.6 Å². The highest BCUT2D eigenvalue weighted by molar-refractivity contribution is 7.90. The van der Waals surface area contributed by atoms with Crippen LogP contribution in [0.2, 0.25) is 0 Å². The first-order valence-corrected chi connectivity index (χ1v) is 8.84. The molecule has 0 radical (unpaired) electrons. The zero-order chi connectivity index (χ0) is 13.8. The Morgan fingerprint density at radius 2 is 2.06 bits per heavy atom. The summed E-state index contributed by atoms with van der Waals surface area (Å²) in [7, 11) is -0.837. The van der Waals surface area contributed by atoms with E-state index in [0.29, 0.717) is 12.5 Å². The third kappa shape index (κ3) is 5.67. The number of nitrogens with zero attached hydrogens (tertiary/aromatic N) is 1. The quantitative estimate of drug-likeness (QED) is 0.786. The Balaban J connectivity index is 2.43. The van der Waals surface area contributed by atoms with Gasteiger partial charge in [0.25, 0.3) is 0 Å². The number of nitrogens with one attached hydrogen (secondary N) is 1. The van der Waals surface area contributed by atoms with Crippen molar-refractivity contribution in [3.05, 3.63) is 0 Å². The van der Waals surface area contributed by atoms with E-state index in [2.05, 4.69) is 24.1 Å². The van der Waals surface area contributed by atoms with Crippen molar-refractivity contribution in [2.45, 2.75) is 26.7 Å². The lowest BCUT2D eigenvalue weighted by atomic mass is 9.74. The van der Waals surface area contributed by atoms with Crippen molar-refractivity contribution < 1.29 is 8.42 Å². The smallest absolute Gasteiger partial charge is 0.148 e. The fourth-order valence-electron chi connectivity index (χ4n) is 2.74. The normalized spacial score (nSPS) is 22.4. The lowest BCUT2D eigenvalue weighted by Gasteiger charge is -2.39. The summed E-state index contributed by atoms with van der Waals surface area (Å²) >= 11 is 0. The maximum Gasteiger partial charge on any atom is 0.148 e. The van der Waals surface area contributed by atoms with Gasteiger partial charge in [-0.3, -0.25) is 0 Å². The zero-order valence-corrected chi connectivity index (χ0v) is 13.0.